The van der Waals surface area contributed by atoms with Gasteiger partial charge in [0.1, 0.15) is 12.4 Å². The summed E-state index contributed by atoms with van der Waals surface area (Å²) in [7, 11) is 1.56. The van der Waals surface area contributed by atoms with Gasteiger partial charge in [0, 0.05) is 19.5 Å². The average molecular weight is 312 g/mol. The number of hydrogen-bond acceptors (Lipinski definition) is 7. The maximum Gasteiger partial charge on any atom is 0.268 e. The molecule has 10 heteroatoms. The van der Waals surface area contributed by atoms with E-state index >= 15 is 0 Å². The molecular formula is C13H12N8O2. The first-order valence-corrected chi connectivity index (χ1v) is 6.81. The van der Waals surface area contributed by atoms with E-state index in [4.69, 9.17) is 4.74 Å². The van der Waals surface area contributed by atoms with Crippen LogP contribution in [0.15, 0.2) is 23.3 Å². The molecule has 10 nitrogen and oxygen atoms in total. The molecule has 0 fully saturated rings. The van der Waals surface area contributed by atoms with E-state index in [1.54, 1.807) is 26.3 Å². The van der Waals surface area contributed by atoms with Crippen molar-refractivity contribution in [3.63, 3.8) is 0 Å². The fraction of sp³-hybridized carbons (Fsp3) is 0.231. The number of aryl methyl sites for hydroxylation is 1. The van der Waals surface area contributed by atoms with Crippen molar-refractivity contribution in [1.29, 1.82) is 0 Å². The molecule has 0 aromatic carbocycles. The summed E-state index contributed by atoms with van der Waals surface area (Å²) in [5, 5.41) is 11.4. The summed E-state index contributed by atoms with van der Waals surface area (Å²) in [6, 6.07) is 1.75. The molecule has 0 aliphatic heterocycles. The van der Waals surface area contributed by atoms with E-state index < -0.39 is 0 Å². The number of aromatic amines is 1. The Kier molecular flexibility index (Phi) is 2.91. The maximum absolute atomic E-state index is 12.7. The lowest BCUT2D eigenvalue weighted by Crippen LogP contribution is -2.20. The van der Waals surface area contributed by atoms with Gasteiger partial charge < -0.3 is 4.74 Å². The summed E-state index contributed by atoms with van der Waals surface area (Å²) in [5.74, 6) is 1.82. The Hall–Kier alpha value is -3.14. The summed E-state index contributed by atoms with van der Waals surface area (Å²) in [4.78, 5) is 25.2. The van der Waals surface area contributed by atoms with Crippen LogP contribution in [0.1, 0.15) is 11.6 Å². The number of nitrogens with one attached hydrogen (secondary N) is 1. The van der Waals surface area contributed by atoms with Crippen LogP contribution in [0.25, 0.3) is 22.6 Å². The Morgan fingerprint density at radius 3 is 2.96 bits per heavy atom. The van der Waals surface area contributed by atoms with Crippen molar-refractivity contribution >= 4 is 16.7 Å². The average Bonchev–Trinajstić information content (AvgIpc) is 3.14. The van der Waals surface area contributed by atoms with Gasteiger partial charge in [-0.15, -0.1) is 10.2 Å². The zero-order chi connectivity index (χ0) is 16.0. The summed E-state index contributed by atoms with van der Waals surface area (Å²) in [6.07, 6.45) is 3.08. The second-order valence-electron chi connectivity index (χ2n) is 4.94. The number of ether oxygens (including phenoxy) is 1. The first-order valence-electron chi connectivity index (χ1n) is 6.81. The lowest BCUT2D eigenvalue weighted by Gasteiger charge is -2.03. The topological polar surface area (TPSA) is 116 Å². The molecule has 4 aromatic rings. The van der Waals surface area contributed by atoms with Crippen LogP contribution >= 0.6 is 0 Å². The van der Waals surface area contributed by atoms with Crippen molar-refractivity contribution in [2.24, 2.45) is 0 Å². The number of rotatable bonds is 3. The van der Waals surface area contributed by atoms with Gasteiger partial charge in [-0.2, -0.15) is 14.5 Å². The zero-order valence-electron chi connectivity index (χ0n) is 12.4. The molecule has 0 saturated carbocycles. The van der Waals surface area contributed by atoms with Crippen LogP contribution in [0, 0.1) is 6.92 Å². The van der Waals surface area contributed by atoms with E-state index in [1.165, 1.54) is 15.3 Å². The highest BCUT2D eigenvalue weighted by Crippen LogP contribution is 2.11. The molecule has 0 aliphatic carbocycles. The molecule has 23 heavy (non-hydrogen) atoms. The molecule has 0 bridgehead atoms. The van der Waals surface area contributed by atoms with Crippen molar-refractivity contribution < 1.29 is 4.74 Å². The van der Waals surface area contributed by atoms with Crippen LogP contribution in [0.3, 0.4) is 0 Å². The zero-order valence-corrected chi connectivity index (χ0v) is 12.4. The van der Waals surface area contributed by atoms with Gasteiger partial charge in [-0.05, 0) is 13.0 Å². The molecule has 1 N–H and O–H groups in total. The minimum Gasteiger partial charge on any atom is -0.377 e. The van der Waals surface area contributed by atoms with E-state index in [-0.39, 0.29) is 18.1 Å². The molecule has 0 radical (unpaired) electrons. The van der Waals surface area contributed by atoms with Crippen LogP contribution in [0.5, 0.6) is 0 Å². The molecule has 0 atom stereocenters. The van der Waals surface area contributed by atoms with Gasteiger partial charge in [0.05, 0.1) is 10.9 Å². The number of aromatic nitrogens is 8. The third kappa shape index (κ3) is 2.07. The molecule has 0 amide bonds. The predicted octanol–water partition coefficient (Wildman–Crippen LogP) is 0.00132. The standard InChI is InChI=1S/C13H12N8O2/c1-7-15-13(18-17-7)20-4-3-9-8(11(20)22)5-14-12-16-10(6-23-2)19-21(9)12/h3-5H,6H2,1-2H3,(H,15,17,18). The normalized spacial score (nSPS) is 11.6. The number of pyridine rings is 1. The fourth-order valence-corrected chi connectivity index (χ4v) is 2.35. The third-order valence-electron chi connectivity index (χ3n) is 3.35. The monoisotopic (exact) mass is 312 g/mol. The van der Waals surface area contributed by atoms with Crippen molar-refractivity contribution in [2.75, 3.05) is 7.11 Å². The van der Waals surface area contributed by atoms with Gasteiger partial charge in [-0.25, -0.2) is 9.55 Å². The first-order chi connectivity index (χ1) is 11.2. The second kappa shape index (κ2) is 4.95. The molecule has 0 unspecified atom stereocenters. The first kappa shape index (κ1) is 13.5. The molecule has 4 heterocycles. The highest BCUT2D eigenvalue weighted by molar-refractivity contribution is 5.78. The molecule has 116 valence electrons. The summed E-state index contributed by atoms with van der Waals surface area (Å²) >= 11 is 0. The Morgan fingerprint density at radius 1 is 1.35 bits per heavy atom. The van der Waals surface area contributed by atoms with Gasteiger partial charge in [-0.1, -0.05) is 0 Å². The molecular weight excluding hydrogens is 300 g/mol. The van der Waals surface area contributed by atoms with Crippen molar-refractivity contribution in [1.82, 2.24) is 39.3 Å². The Morgan fingerprint density at radius 2 is 2.22 bits per heavy atom. The van der Waals surface area contributed by atoms with Gasteiger partial charge in [-0.3, -0.25) is 9.89 Å². The molecule has 0 saturated heterocycles. The lowest BCUT2D eigenvalue weighted by atomic mass is 10.3. The van der Waals surface area contributed by atoms with Crippen LogP contribution in [-0.4, -0.2) is 46.4 Å². The minimum atomic E-state index is -0.278. The van der Waals surface area contributed by atoms with Gasteiger partial charge in [0.2, 0.25) is 0 Å². The molecule has 0 spiro atoms. The predicted molar refractivity (Wildman–Crippen MR) is 79.3 cm³/mol. The van der Waals surface area contributed by atoms with Crippen molar-refractivity contribution in [2.45, 2.75) is 13.5 Å². The Bertz CT molecular complexity index is 1080. The van der Waals surface area contributed by atoms with E-state index in [1.807, 2.05) is 0 Å². The van der Waals surface area contributed by atoms with Crippen LogP contribution in [0.4, 0.5) is 0 Å². The number of fused-ring (bicyclic) bond motifs is 3. The molecule has 4 aromatic heterocycles. The highest BCUT2D eigenvalue weighted by Gasteiger charge is 2.13. The third-order valence-corrected chi connectivity index (χ3v) is 3.35. The number of nitrogens with zero attached hydrogens (tertiary/aromatic N) is 7. The quantitative estimate of drug-likeness (QED) is 0.566. The number of methoxy groups -OCH3 is 1. The van der Waals surface area contributed by atoms with Crippen LogP contribution < -0.4 is 5.56 Å². The van der Waals surface area contributed by atoms with E-state index in [0.717, 1.165) is 0 Å². The summed E-state index contributed by atoms with van der Waals surface area (Å²) in [6.45, 7) is 2.04. The Labute approximate surface area is 128 Å². The van der Waals surface area contributed by atoms with Crippen molar-refractivity contribution in [3.8, 4) is 5.95 Å². The van der Waals surface area contributed by atoms with Gasteiger partial charge in [0.25, 0.3) is 17.3 Å². The van der Waals surface area contributed by atoms with Gasteiger partial charge >= 0.3 is 0 Å². The molecule has 4 rings (SSSR count). The Balaban J connectivity index is 1.97. The van der Waals surface area contributed by atoms with E-state index in [0.29, 0.717) is 28.3 Å². The molecule has 0 aliphatic rings. The smallest absolute Gasteiger partial charge is 0.268 e. The van der Waals surface area contributed by atoms with Crippen LogP contribution in [-0.2, 0) is 11.3 Å². The van der Waals surface area contributed by atoms with Gasteiger partial charge in [0.15, 0.2) is 5.82 Å². The number of H-pyrrole nitrogens is 1. The largest absolute Gasteiger partial charge is 0.377 e. The highest BCUT2D eigenvalue weighted by atomic mass is 16.5. The fourth-order valence-electron chi connectivity index (χ4n) is 2.35. The number of hydrogen-bond donors (Lipinski definition) is 1. The van der Waals surface area contributed by atoms with E-state index in [9.17, 15) is 4.79 Å². The van der Waals surface area contributed by atoms with Crippen LogP contribution in [0.2, 0.25) is 0 Å². The summed E-state index contributed by atoms with van der Waals surface area (Å²) in [5.41, 5.74) is 0.332. The van der Waals surface area contributed by atoms with Crippen molar-refractivity contribution in [3.05, 3.63) is 40.5 Å². The SMILES string of the molecule is COCc1nc2ncc3c(=O)n(-c4n[nH]c(C)n4)ccc3n2n1. The lowest BCUT2D eigenvalue weighted by molar-refractivity contribution is 0.178. The summed E-state index contributed by atoms with van der Waals surface area (Å²) < 4.78 is 7.90. The minimum absolute atomic E-state index is 0.276. The maximum atomic E-state index is 12.7. The second-order valence-corrected chi connectivity index (χ2v) is 4.94. The van der Waals surface area contributed by atoms with E-state index in [2.05, 4.69) is 30.2 Å².